The van der Waals surface area contributed by atoms with Gasteiger partial charge in [-0.05, 0) is 20.8 Å². The van der Waals surface area contributed by atoms with E-state index in [1.165, 1.54) is 30.1 Å². The highest BCUT2D eigenvalue weighted by molar-refractivity contribution is 7.09. The van der Waals surface area contributed by atoms with Crippen LogP contribution in [0.1, 0.15) is 31.0 Å². The first-order valence-electron chi connectivity index (χ1n) is 6.31. The van der Waals surface area contributed by atoms with Crippen molar-refractivity contribution in [1.29, 1.82) is 0 Å². The number of urea groups is 1. The second-order valence-electron chi connectivity index (χ2n) is 5.43. The molecular formula is C13H19N3O4S. The average Bonchev–Trinajstić information content (AvgIpc) is 2.73. The Hall–Kier alpha value is -1.96. The third-order valence-electron chi connectivity index (χ3n) is 2.84. The van der Waals surface area contributed by atoms with Crippen LogP contribution in [-0.4, -0.2) is 39.9 Å². The van der Waals surface area contributed by atoms with Gasteiger partial charge in [0.1, 0.15) is 0 Å². The van der Waals surface area contributed by atoms with Gasteiger partial charge in [-0.1, -0.05) is 0 Å². The molecule has 116 valence electrons. The SMILES string of the molecule is Cc1nc(CN(C)C(=O)NC(=O)CC(C)(C)C(=O)O)cs1. The zero-order valence-corrected chi connectivity index (χ0v) is 13.3. The third-order valence-corrected chi connectivity index (χ3v) is 3.66. The maximum atomic E-state index is 11.8. The molecule has 21 heavy (non-hydrogen) atoms. The second-order valence-corrected chi connectivity index (χ2v) is 6.50. The number of aryl methyl sites for hydroxylation is 1. The van der Waals surface area contributed by atoms with Crippen molar-refractivity contribution >= 4 is 29.2 Å². The molecule has 0 fully saturated rings. The van der Waals surface area contributed by atoms with Crippen molar-refractivity contribution in [2.24, 2.45) is 5.41 Å². The molecule has 1 aromatic heterocycles. The van der Waals surface area contributed by atoms with Crippen molar-refractivity contribution in [2.75, 3.05) is 7.05 Å². The number of amides is 3. The van der Waals surface area contributed by atoms with E-state index in [2.05, 4.69) is 10.3 Å². The molecule has 8 heteroatoms. The lowest BCUT2D eigenvalue weighted by Crippen LogP contribution is -2.42. The van der Waals surface area contributed by atoms with Crippen LogP contribution in [0.2, 0.25) is 0 Å². The molecule has 7 nitrogen and oxygen atoms in total. The highest BCUT2D eigenvalue weighted by Crippen LogP contribution is 2.20. The van der Waals surface area contributed by atoms with Crippen LogP contribution >= 0.6 is 11.3 Å². The van der Waals surface area contributed by atoms with Crippen molar-refractivity contribution in [2.45, 2.75) is 33.7 Å². The summed E-state index contributed by atoms with van der Waals surface area (Å²) in [5.74, 6) is -1.70. The first kappa shape index (κ1) is 17.1. The van der Waals surface area contributed by atoms with Gasteiger partial charge in [-0.15, -0.1) is 11.3 Å². The quantitative estimate of drug-likeness (QED) is 0.860. The van der Waals surface area contributed by atoms with Crippen molar-refractivity contribution < 1.29 is 19.5 Å². The van der Waals surface area contributed by atoms with Crippen LogP contribution in [0.3, 0.4) is 0 Å². The second kappa shape index (κ2) is 6.66. The fourth-order valence-corrected chi connectivity index (χ4v) is 2.14. The summed E-state index contributed by atoms with van der Waals surface area (Å²) < 4.78 is 0. The lowest BCUT2D eigenvalue weighted by molar-refractivity contribution is -0.149. The van der Waals surface area contributed by atoms with Crippen LogP contribution < -0.4 is 5.32 Å². The van der Waals surface area contributed by atoms with E-state index in [9.17, 15) is 14.4 Å². The molecule has 0 unspecified atom stereocenters. The Morgan fingerprint density at radius 2 is 2.05 bits per heavy atom. The van der Waals surface area contributed by atoms with Crippen LogP contribution in [0.25, 0.3) is 0 Å². The molecule has 0 atom stereocenters. The molecule has 3 amide bonds. The number of carboxylic acid groups (broad SMARTS) is 1. The molecule has 0 aliphatic carbocycles. The fraction of sp³-hybridized carbons (Fsp3) is 0.538. The van der Waals surface area contributed by atoms with Gasteiger partial charge in [0.2, 0.25) is 5.91 Å². The molecule has 0 aliphatic rings. The maximum Gasteiger partial charge on any atom is 0.324 e. The molecule has 1 aromatic rings. The van der Waals surface area contributed by atoms with Gasteiger partial charge >= 0.3 is 12.0 Å². The van der Waals surface area contributed by atoms with Crippen LogP contribution in [0, 0.1) is 12.3 Å². The Bertz CT molecular complexity index is 553. The summed E-state index contributed by atoms with van der Waals surface area (Å²) in [6.45, 7) is 5.01. The number of rotatable bonds is 5. The number of carbonyl (C=O) groups is 3. The van der Waals surface area contributed by atoms with E-state index in [1.54, 1.807) is 7.05 Å². The van der Waals surface area contributed by atoms with E-state index < -0.39 is 23.3 Å². The van der Waals surface area contributed by atoms with Crippen LogP contribution in [0.4, 0.5) is 4.79 Å². The van der Waals surface area contributed by atoms with E-state index in [0.29, 0.717) is 0 Å². The number of nitrogens with one attached hydrogen (secondary N) is 1. The molecule has 0 saturated carbocycles. The van der Waals surface area contributed by atoms with E-state index in [0.717, 1.165) is 10.7 Å². The Balaban J connectivity index is 2.52. The first-order chi connectivity index (χ1) is 9.61. The third kappa shape index (κ3) is 5.14. The summed E-state index contributed by atoms with van der Waals surface area (Å²) >= 11 is 1.48. The molecule has 1 heterocycles. The van der Waals surface area contributed by atoms with Gasteiger partial charge in [0.25, 0.3) is 0 Å². The summed E-state index contributed by atoms with van der Waals surface area (Å²) in [7, 11) is 1.54. The summed E-state index contributed by atoms with van der Waals surface area (Å²) in [6.07, 6.45) is -0.266. The zero-order chi connectivity index (χ0) is 16.2. The van der Waals surface area contributed by atoms with Crippen molar-refractivity contribution in [3.8, 4) is 0 Å². The Kier molecular flexibility index (Phi) is 5.42. The van der Waals surface area contributed by atoms with Gasteiger partial charge in [-0.25, -0.2) is 9.78 Å². The summed E-state index contributed by atoms with van der Waals surface area (Å²) in [5.41, 5.74) is -0.469. The lowest BCUT2D eigenvalue weighted by atomic mass is 9.89. The Morgan fingerprint density at radius 3 is 2.52 bits per heavy atom. The van der Waals surface area contributed by atoms with E-state index in [-0.39, 0.29) is 13.0 Å². The normalized spacial score (nSPS) is 11.0. The minimum Gasteiger partial charge on any atom is -0.481 e. The van der Waals surface area contributed by atoms with Gasteiger partial charge in [0.05, 0.1) is 22.7 Å². The first-order valence-corrected chi connectivity index (χ1v) is 7.19. The number of aromatic nitrogens is 1. The largest absolute Gasteiger partial charge is 0.481 e. The lowest BCUT2D eigenvalue weighted by Gasteiger charge is -2.20. The zero-order valence-electron chi connectivity index (χ0n) is 12.5. The summed E-state index contributed by atoms with van der Waals surface area (Å²) in [4.78, 5) is 40.0. The fourth-order valence-electron chi connectivity index (χ4n) is 1.53. The Labute approximate surface area is 127 Å². The van der Waals surface area contributed by atoms with Gasteiger partial charge in [0, 0.05) is 18.8 Å². The molecular weight excluding hydrogens is 294 g/mol. The number of carboxylic acids is 1. The molecule has 0 aliphatic heterocycles. The number of nitrogens with zero attached hydrogens (tertiary/aromatic N) is 2. The van der Waals surface area contributed by atoms with Crippen LogP contribution in [0.5, 0.6) is 0 Å². The monoisotopic (exact) mass is 313 g/mol. The maximum absolute atomic E-state index is 11.8. The van der Waals surface area contributed by atoms with Gasteiger partial charge in [0.15, 0.2) is 0 Å². The highest BCUT2D eigenvalue weighted by Gasteiger charge is 2.31. The summed E-state index contributed by atoms with van der Waals surface area (Å²) in [5, 5.41) is 13.9. The van der Waals surface area contributed by atoms with Crippen molar-refractivity contribution in [3.63, 3.8) is 0 Å². The van der Waals surface area contributed by atoms with Crippen molar-refractivity contribution in [3.05, 3.63) is 16.1 Å². The van der Waals surface area contributed by atoms with Gasteiger partial charge in [-0.2, -0.15) is 0 Å². The average molecular weight is 313 g/mol. The predicted molar refractivity (Wildman–Crippen MR) is 77.9 cm³/mol. The highest BCUT2D eigenvalue weighted by atomic mass is 32.1. The molecule has 0 spiro atoms. The number of thiazole rings is 1. The van der Waals surface area contributed by atoms with Gasteiger partial charge in [-0.3, -0.25) is 14.9 Å². The number of carbonyl (C=O) groups excluding carboxylic acids is 2. The van der Waals surface area contributed by atoms with Crippen LogP contribution in [-0.2, 0) is 16.1 Å². The number of imide groups is 1. The molecule has 2 N–H and O–H groups in total. The molecule has 0 saturated heterocycles. The van der Waals surface area contributed by atoms with Crippen LogP contribution in [0.15, 0.2) is 5.38 Å². The number of hydrogen-bond donors (Lipinski definition) is 2. The molecule has 1 rings (SSSR count). The standard InChI is InChI=1S/C13H19N3O4S/c1-8-14-9(7-21-8)6-16(4)12(20)15-10(17)5-13(2,3)11(18)19/h7H,5-6H2,1-4H3,(H,18,19)(H,15,17,20). The van der Waals surface area contributed by atoms with Gasteiger partial charge < -0.3 is 10.0 Å². The minimum absolute atomic E-state index is 0.266. The smallest absolute Gasteiger partial charge is 0.324 e. The summed E-state index contributed by atoms with van der Waals surface area (Å²) in [6, 6.07) is -0.577. The molecule has 0 bridgehead atoms. The van der Waals surface area contributed by atoms with E-state index in [1.807, 2.05) is 12.3 Å². The Morgan fingerprint density at radius 1 is 1.43 bits per heavy atom. The minimum atomic E-state index is -1.21. The topological polar surface area (TPSA) is 99.6 Å². The molecule has 0 radical (unpaired) electrons. The number of aliphatic carboxylic acids is 1. The van der Waals surface area contributed by atoms with E-state index >= 15 is 0 Å². The number of hydrogen-bond acceptors (Lipinski definition) is 5. The van der Waals surface area contributed by atoms with E-state index in [4.69, 9.17) is 5.11 Å². The predicted octanol–water partition coefficient (Wildman–Crippen LogP) is 1.62. The van der Waals surface area contributed by atoms with Crippen molar-refractivity contribution in [1.82, 2.24) is 15.2 Å². The molecule has 0 aromatic carbocycles.